The highest BCUT2D eigenvalue weighted by atomic mass is 32.2. The molecular formula is C24H28FN5O2S. The van der Waals surface area contributed by atoms with E-state index in [1.165, 1.54) is 29.5 Å². The molecule has 7 nitrogen and oxygen atoms in total. The number of hydrogen-bond donors (Lipinski definition) is 1. The van der Waals surface area contributed by atoms with Crippen molar-refractivity contribution in [2.24, 2.45) is 0 Å². The Kier molecular flexibility index (Phi) is 8.09. The lowest BCUT2D eigenvalue weighted by Crippen LogP contribution is -2.38. The lowest BCUT2D eigenvalue weighted by Gasteiger charge is -2.27. The number of thioether (sulfide) groups is 1. The summed E-state index contributed by atoms with van der Waals surface area (Å²) >= 11 is 1.35. The summed E-state index contributed by atoms with van der Waals surface area (Å²) in [6.07, 6.45) is 0.959. The van der Waals surface area contributed by atoms with Crippen molar-refractivity contribution < 1.29 is 13.9 Å². The second kappa shape index (κ2) is 11.4. The van der Waals surface area contributed by atoms with Crippen LogP contribution in [-0.2, 0) is 22.5 Å². The van der Waals surface area contributed by atoms with Crippen LogP contribution in [0.5, 0.6) is 0 Å². The molecule has 4 rings (SSSR count). The molecule has 2 heterocycles. The van der Waals surface area contributed by atoms with Crippen LogP contribution in [0.15, 0.2) is 53.7 Å². The fourth-order valence-corrected chi connectivity index (χ4v) is 4.39. The van der Waals surface area contributed by atoms with E-state index in [4.69, 9.17) is 4.74 Å². The standard InChI is InChI=1S/C24H28FN5O2S/c1-2-18-3-9-21(10-4-18)26-22(31)17-33-24-28-27-23(19-5-7-20(25)8-6-19)30(24)12-11-29-13-15-32-16-14-29/h3-10H,2,11-17H2,1H3,(H,26,31). The minimum atomic E-state index is -0.295. The Labute approximate surface area is 197 Å². The van der Waals surface area contributed by atoms with Gasteiger partial charge in [-0.1, -0.05) is 30.8 Å². The third-order valence-corrected chi connectivity index (χ3v) is 6.51. The van der Waals surface area contributed by atoms with E-state index < -0.39 is 0 Å². The van der Waals surface area contributed by atoms with Crippen LogP contribution in [0.2, 0.25) is 0 Å². The van der Waals surface area contributed by atoms with Crippen LogP contribution in [0.1, 0.15) is 12.5 Å². The maximum absolute atomic E-state index is 13.4. The van der Waals surface area contributed by atoms with E-state index in [0.717, 1.165) is 50.5 Å². The van der Waals surface area contributed by atoms with Gasteiger partial charge in [0, 0.05) is 37.4 Å². The number of hydrogen-bond acceptors (Lipinski definition) is 6. The first kappa shape index (κ1) is 23.4. The average molecular weight is 470 g/mol. The van der Waals surface area contributed by atoms with Crippen LogP contribution in [0, 0.1) is 5.82 Å². The van der Waals surface area contributed by atoms with E-state index in [0.29, 0.717) is 17.5 Å². The maximum Gasteiger partial charge on any atom is 0.234 e. The number of halogens is 1. The number of ether oxygens (including phenoxy) is 1. The molecule has 1 amide bonds. The van der Waals surface area contributed by atoms with E-state index in [1.54, 1.807) is 12.1 Å². The number of nitrogens with zero attached hydrogens (tertiary/aromatic N) is 4. The number of benzene rings is 2. The van der Waals surface area contributed by atoms with E-state index in [1.807, 2.05) is 28.8 Å². The van der Waals surface area contributed by atoms with Gasteiger partial charge in [-0.2, -0.15) is 0 Å². The molecule has 0 bridgehead atoms. The fraction of sp³-hybridized carbons (Fsp3) is 0.375. The van der Waals surface area contributed by atoms with Gasteiger partial charge in [-0.15, -0.1) is 10.2 Å². The van der Waals surface area contributed by atoms with Gasteiger partial charge in [-0.05, 0) is 48.4 Å². The molecule has 0 spiro atoms. The predicted octanol–water partition coefficient (Wildman–Crippen LogP) is 3.71. The monoisotopic (exact) mass is 469 g/mol. The maximum atomic E-state index is 13.4. The van der Waals surface area contributed by atoms with Crippen molar-refractivity contribution in [3.05, 3.63) is 59.9 Å². The Morgan fingerprint density at radius 1 is 1.06 bits per heavy atom. The summed E-state index contributed by atoms with van der Waals surface area (Å²) in [5.74, 6) is 0.488. The van der Waals surface area contributed by atoms with Gasteiger partial charge in [0.1, 0.15) is 5.82 Å². The summed E-state index contributed by atoms with van der Waals surface area (Å²) in [6, 6.07) is 14.1. The van der Waals surface area contributed by atoms with Crippen molar-refractivity contribution in [1.29, 1.82) is 0 Å². The molecule has 1 N–H and O–H groups in total. The van der Waals surface area contributed by atoms with Crippen LogP contribution in [-0.4, -0.2) is 64.2 Å². The van der Waals surface area contributed by atoms with Crippen molar-refractivity contribution in [3.63, 3.8) is 0 Å². The fourth-order valence-electron chi connectivity index (χ4n) is 3.63. The molecule has 0 radical (unpaired) electrons. The predicted molar refractivity (Wildman–Crippen MR) is 128 cm³/mol. The number of rotatable bonds is 9. The number of carbonyl (C=O) groups excluding carboxylic acids is 1. The van der Waals surface area contributed by atoms with Crippen molar-refractivity contribution in [3.8, 4) is 11.4 Å². The Bertz CT molecular complexity index is 1050. The highest BCUT2D eigenvalue weighted by Crippen LogP contribution is 2.25. The smallest absolute Gasteiger partial charge is 0.234 e. The highest BCUT2D eigenvalue weighted by Gasteiger charge is 2.18. The first-order valence-corrected chi connectivity index (χ1v) is 12.1. The molecule has 0 aliphatic carbocycles. The van der Waals surface area contributed by atoms with Gasteiger partial charge < -0.3 is 14.6 Å². The zero-order valence-corrected chi connectivity index (χ0v) is 19.5. The summed E-state index contributed by atoms with van der Waals surface area (Å²) in [5.41, 5.74) is 2.79. The quantitative estimate of drug-likeness (QED) is 0.482. The molecule has 1 fully saturated rings. The van der Waals surface area contributed by atoms with E-state index in [9.17, 15) is 9.18 Å². The molecule has 0 atom stereocenters. The molecule has 174 valence electrons. The lowest BCUT2D eigenvalue weighted by atomic mass is 10.1. The van der Waals surface area contributed by atoms with Gasteiger partial charge in [-0.3, -0.25) is 9.69 Å². The van der Waals surface area contributed by atoms with Crippen LogP contribution in [0.4, 0.5) is 10.1 Å². The molecule has 1 saturated heterocycles. The summed E-state index contributed by atoms with van der Waals surface area (Å²) in [4.78, 5) is 14.9. The summed E-state index contributed by atoms with van der Waals surface area (Å²) in [7, 11) is 0. The molecule has 2 aromatic carbocycles. The number of morpholine rings is 1. The summed E-state index contributed by atoms with van der Waals surface area (Å²) in [6.45, 7) is 6.81. The third-order valence-electron chi connectivity index (χ3n) is 5.54. The molecule has 0 saturated carbocycles. The van der Waals surface area contributed by atoms with Gasteiger partial charge in [0.2, 0.25) is 5.91 Å². The van der Waals surface area contributed by atoms with Gasteiger partial charge in [-0.25, -0.2) is 4.39 Å². The van der Waals surface area contributed by atoms with Crippen LogP contribution < -0.4 is 5.32 Å². The highest BCUT2D eigenvalue weighted by molar-refractivity contribution is 7.99. The molecule has 1 aliphatic rings. The Balaban J connectivity index is 1.45. The first-order chi connectivity index (χ1) is 16.1. The van der Waals surface area contributed by atoms with Crippen molar-refractivity contribution >= 4 is 23.4 Å². The number of amides is 1. The molecular weight excluding hydrogens is 441 g/mol. The zero-order chi connectivity index (χ0) is 23.0. The summed E-state index contributed by atoms with van der Waals surface area (Å²) in [5, 5.41) is 12.3. The number of nitrogens with one attached hydrogen (secondary N) is 1. The lowest BCUT2D eigenvalue weighted by molar-refractivity contribution is -0.113. The van der Waals surface area contributed by atoms with Crippen molar-refractivity contribution in [2.75, 3.05) is 43.9 Å². The van der Waals surface area contributed by atoms with Crippen LogP contribution in [0.3, 0.4) is 0 Å². The SMILES string of the molecule is CCc1ccc(NC(=O)CSc2nnc(-c3ccc(F)cc3)n2CCN2CCOCC2)cc1. The van der Waals surface area contributed by atoms with Gasteiger partial charge in [0.15, 0.2) is 11.0 Å². The van der Waals surface area contributed by atoms with Crippen LogP contribution in [0.25, 0.3) is 11.4 Å². The first-order valence-electron chi connectivity index (χ1n) is 11.1. The number of aryl methyl sites for hydroxylation is 1. The van der Waals surface area contributed by atoms with Crippen molar-refractivity contribution in [2.45, 2.75) is 25.0 Å². The largest absolute Gasteiger partial charge is 0.379 e. The number of carbonyl (C=O) groups is 1. The molecule has 1 aliphatic heterocycles. The van der Waals surface area contributed by atoms with Gasteiger partial charge in [0.25, 0.3) is 0 Å². The number of aromatic nitrogens is 3. The van der Waals surface area contributed by atoms with Crippen LogP contribution >= 0.6 is 11.8 Å². The topological polar surface area (TPSA) is 72.3 Å². The zero-order valence-electron chi connectivity index (χ0n) is 18.7. The Morgan fingerprint density at radius 3 is 2.48 bits per heavy atom. The third kappa shape index (κ3) is 6.40. The summed E-state index contributed by atoms with van der Waals surface area (Å²) < 4.78 is 20.9. The molecule has 9 heteroatoms. The van der Waals surface area contributed by atoms with Gasteiger partial charge >= 0.3 is 0 Å². The Morgan fingerprint density at radius 2 is 1.79 bits per heavy atom. The molecule has 0 unspecified atom stereocenters. The second-order valence-corrected chi connectivity index (χ2v) is 8.75. The van der Waals surface area contributed by atoms with E-state index >= 15 is 0 Å². The Hall–Kier alpha value is -2.75. The minimum absolute atomic E-state index is 0.102. The van der Waals surface area contributed by atoms with Crippen molar-refractivity contribution in [1.82, 2.24) is 19.7 Å². The number of anilines is 1. The molecule has 33 heavy (non-hydrogen) atoms. The van der Waals surface area contributed by atoms with E-state index in [2.05, 4.69) is 27.3 Å². The average Bonchev–Trinajstić information content (AvgIpc) is 3.26. The molecule has 1 aromatic heterocycles. The normalized spacial score (nSPS) is 14.4. The van der Waals surface area contributed by atoms with Gasteiger partial charge in [0.05, 0.1) is 19.0 Å². The van der Waals surface area contributed by atoms with E-state index in [-0.39, 0.29) is 17.5 Å². The minimum Gasteiger partial charge on any atom is -0.379 e. The second-order valence-electron chi connectivity index (χ2n) is 7.81. The molecule has 3 aromatic rings.